The summed E-state index contributed by atoms with van der Waals surface area (Å²) in [5.41, 5.74) is 2.14. The normalized spacial score (nSPS) is 11.9. The number of amides is 1. The van der Waals surface area contributed by atoms with Crippen LogP contribution in [0.25, 0.3) is 16.6 Å². The standard InChI is InChI=1S/C27H27N3O3S/c1-4-29(18-20-11-6-5-7-12-20)25(31)19(2)34-27-28-24-16-9-8-15-23(24)26(32)30(27)21-13-10-14-22(17-21)33-3/h5-17,19H,4,18H2,1-3H3. The Labute approximate surface area is 203 Å². The van der Waals surface area contributed by atoms with Crippen LogP contribution in [-0.4, -0.2) is 39.3 Å². The van der Waals surface area contributed by atoms with Crippen molar-refractivity contribution in [1.29, 1.82) is 0 Å². The molecule has 0 spiro atoms. The van der Waals surface area contributed by atoms with Gasteiger partial charge in [0.25, 0.3) is 5.56 Å². The summed E-state index contributed by atoms with van der Waals surface area (Å²) in [6.45, 7) is 4.96. The fourth-order valence-electron chi connectivity index (χ4n) is 3.78. The van der Waals surface area contributed by atoms with Crippen LogP contribution in [0.15, 0.2) is 88.8 Å². The van der Waals surface area contributed by atoms with Gasteiger partial charge in [-0.3, -0.25) is 14.2 Å². The fourth-order valence-corrected chi connectivity index (χ4v) is 4.79. The Bertz CT molecular complexity index is 1350. The summed E-state index contributed by atoms with van der Waals surface area (Å²) in [5.74, 6) is 0.633. The molecule has 0 radical (unpaired) electrons. The molecule has 0 saturated heterocycles. The highest BCUT2D eigenvalue weighted by Gasteiger charge is 2.24. The largest absolute Gasteiger partial charge is 0.497 e. The summed E-state index contributed by atoms with van der Waals surface area (Å²) >= 11 is 1.29. The van der Waals surface area contributed by atoms with Gasteiger partial charge in [-0.05, 0) is 43.7 Å². The van der Waals surface area contributed by atoms with E-state index in [-0.39, 0.29) is 11.5 Å². The van der Waals surface area contributed by atoms with Crippen molar-refractivity contribution in [3.05, 3.63) is 94.8 Å². The van der Waals surface area contributed by atoms with Crippen molar-refractivity contribution in [2.24, 2.45) is 0 Å². The monoisotopic (exact) mass is 473 g/mol. The van der Waals surface area contributed by atoms with Crippen molar-refractivity contribution in [2.75, 3.05) is 13.7 Å². The molecule has 4 aromatic rings. The minimum absolute atomic E-state index is 0.00375. The van der Waals surface area contributed by atoms with Crippen LogP contribution in [0.1, 0.15) is 19.4 Å². The average molecular weight is 474 g/mol. The number of nitrogens with zero attached hydrogens (tertiary/aromatic N) is 3. The fraction of sp³-hybridized carbons (Fsp3) is 0.222. The molecule has 1 heterocycles. The smallest absolute Gasteiger partial charge is 0.266 e. The molecule has 174 valence electrons. The number of carbonyl (C=O) groups is 1. The van der Waals surface area contributed by atoms with Crippen molar-refractivity contribution >= 4 is 28.6 Å². The molecule has 6 nitrogen and oxygen atoms in total. The Hall–Kier alpha value is -3.58. The molecule has 1 unspecified atom stereocenters. The highest BCUT2D eigenvalue weighted by Crippen LogP contribution is 2.27. The molecule has 0 aliphatic heterocycles. The number of fused-ring (bicyclic) bond motifs is 1. The van der Waals surface area contributed by atoms with Crippen LogP contribution < -0.4 is 10.3 Å². The third-order valence-electron chi connectivity index (χ3n) is 5.60. The molecular weight excluding hydrogens is 446 g/mol. The molecule has 0 N–H and O–H groups in total. The van der Waals surface area contributed by atoms with E-state index in [1.165, 1.54) is 11.8 Å². The van der Waals surface area contributed by atoms with Crippen LogP contribution in [0, 0.1) is 0 Å². The zero-order chi connectivity index (χ0) is 24.1. The maximum atomic E-state index is 13.5. The molecule has 1 amide bonds. The van der Waals surface area contributed by atoms with Gasteiger partial charge in [-0.1, -0.05) is 60.3 Å². The molecule has 0 aliphatic rings. The molecule has 1 aromatic heterocycles. The van der Waals surface area contributed by atoms with Crippen LogP contribution in [0.2, 0.25) is 0 Å². The van der Waals surface area contributed by atoms with Gasteiger partial charge in [-0.25, -0.2) is 4.98 Å². The Kier molecular flexibility index (Phi) is 7.33. The number of hydrogen-bond donors (Lipinski definition) is 0. The van der Waals surface area contributed by atoms with Gasteiger partial charge < -0.3 is 9.64 Å². The first kappa shape index (κ1) is 23.6. The van der Waals surface area contributed by atoms with Gasteiger partial charge in [-0.2, -0.15) is 0 Å². The van der Waals surface area contributed by atoms with E-state index in [0.29, 0.717) is 40.6 Å². The molecule has 1 atom stereocenters. The number of para-hydroxylation sites is 1. The highest BCUT2D eigenvalue weighted by atomic mass is 32.2. The van der Waals surface area contributed by atoms with E-state index in [0.717, 1.165) is 5.56 Å². The lowest BCUT2D eigenvalue weighted by Crippen LogP contribution is -2.36. The van der Waals surface area contributed by atoms with Crippen molar-refractivity contribution in [2.45, 2.75) is 30.8 Å². The van der Waals surface area contributed by atoms with Gasteiger partial charge in [0.2, 0.25) is 5.91 Å². The van der Waals surface area contributed by atoms with Gasteiger partial charge in [0, 0.05) is 19.2 Å². The number of carbonyl (C=O) groups excluding carboxylic acids is 1. The van der Waals surface area contributed by atoms with Crippen LogP contribution in [0.5, 0.6) is 5.75 Å². The Morgan fingerprint density at radius 2 is 1.79 bits per heavy atom. The minimum atomic E-state index is -0.436. The zero-order valence-corrected chi connectivity index (χ0v) is 20.3. The quantitative estimate of drug-likeness (QED) is 0.268. The average Bonchev–Trinajstić information content (AvgIpc) is 2.87. The van der Waals surface area contributed by atoms with Gasteiger partial charge in [0.1, 0.15) is 5.75 Å². The van der Waals surface area contributed by atoms with E-state index in [1.54, 1.807) is 23.8 Å². The van der Waals surface area contributed by atoms with E-state index in [9.17, 15) is 9.59 Å². The van der Waals surface area contributed by atoms with Crippen LogP contribution >= 0.6 is 11.8 Å². The Balaban J connectivity index is 1.71. The number of aromatic nitrogens is 2. The number of rotatable bonds is 8. The lowest BCUT2D eigenvalue weighted by Gasteiger charge is -2.25. The first-order valence-corrected chi connectivity index (χ1v) is 12.1. The van der Waals surface area contributed by atoms with Gasteiger partial charge >= 0.3 is 0 Å². The van der Waals surface area contributed by atoms with Gasteiger partial charge in [-0.15, -0.1) is 0 Å². The molecule has 34 heavy (non-hydrogen) atoms. The minimum Gasteiger partial charge on any atom is -0.497 e. The van der Waals surface area contributed by atoms with Crippen LogP contribution in [-0.2, 0) is 11.3 Å². The van der Waals surface area contributed by atoms with E-state index < -0.39 is 5.25 Å². The van der Waals surface area contributed by atoms with Crippen molar-refractivity contribution < 1.29 is 9.53 Å². The summed E-state index contributed by atoms with van der Waals surface area (Å²) in [6.07, 6.45) is 0. The third-order valence-corrected chi connectivity index (χ3v) is 6.64. The molecule has 7 heteroatoms. The number of ether oxygens (including phenoxy) is 1. The van der Waals surface area contributed by atoms with Crippen LogP contribution in [0.3, 0.4) is 0 Å². The lowest BCUT2D eigenvalue weighted by atomic mass is 10.2. The van der Waals surface area contributed by atoms with E-state index >= 15 is 0 Å². The lowest BCUT2D eigenvalue weighted by molar-refractivity contribution is -0.130. The zero-order valence-electron chi connectivity index (χ0n) is 19.5. The van der Waals surface area contributed by atoms with Crippen molar-refractivity contribution in [1.82, 2.24) is 14.5 Å². The summed E-state index contributed by atoms with van der Waals surface area (Å²) in [7, 11) is 1.59. The Morgan fingerprint density at radius 1 is 1.06 bits per heavy atom. The van der Waals surface area contributed by atoms with Crippen molar-refractivity contribution in [3.63, 3.8) is 0 Å². The van der Waals surface area contributed by atoms with Crippen molar-refractivity contribution in [3.8, 4) is 11.4 Å². The third kappa shape index (κ3) is 4.99. The molecule has 4 rings (SSSR count). The first-order valence-electron chi connectivity index (χ1n) is 11.2. The molecule has 0 fully saturated rings. The number of hydrogen-bond acceptors (Lipinski definition) is 5. The molecule has 0 aliphatic carbocycles. The van der Waals surface area contributed by atoms with E-state index in [1.807, 2.05) is 85.5 Å². The summed E-state index contributed by atoms with van der Waals surface area (Å²) < 4.78 is 6.92. The molecule has 3 aromatic carbocycles. The molecule has 0 saturated carbocycles. The van der Waals surface area contributed by atoms with E-state index in [2.05, 4.69) is 0 Å². The molecular formula is C27H27N3O3S. The van der Waals surface area contributed by atoms with E-state index in [4.69, 9.17) is 9.72 Å². The van der Waals surface area contributed by atoms with Crippen LogP contribution in [0.4, 0.5) is 0 Å². The summed E-state index contributed by atoms with van der Waals surface area (Å²) in [4.78, 5) is 33.5. The number of benzene rings is 3. The Morgan fingerprint density at radius 3 is 2.53 bits per heavy atom. The second-order valence-corrected chi connectivity index (χ2v) is 9.16. The second kappa shape index (κ2) is 10.6. The number of thioether (sulfide) groups is 1. The van der Waals surface area contributed by atoms with Gasteiger partial charge in [0.15, 0.2) is 5.16 Å². The summed E-state index contributed by atoms with van der Waals surface area (Å²) in [6, 6.07) is 24.5. The second-order valence-electron chi connectivity index (χ2n) is 7.85. The molecule has 0 bridgehead atoms. The number of methoxy groups -OCH3 is 1. The topological polar surface area (TPSA) is 64.4 Å². The highest BCUT2D eigenvalue weighted by molar-refractivity contribution is 8.00. The summed E-state index contributed by atoms with van der Waals surface area (Å²) in [5, 5.41) is 0.551. The van der Waals surface area contributed by atoms with Gasteiger partial charge in [0.05, 0.1) is 29.0 Å². The maximum Gasteiger partial charge on any atom is 0.266 e. The maximum absolute atomic E-state index is 13.5. The first-order chi connectivity index (χ1) is 16.5. The predicted molar refractivity (Wildman–Crippen MR) is 137 cm³/mol. The SMILES string of the molecule is CCN(Cc1ccccc1)C(=O)C(C)Sc1nc2ccccc2c(=O)n1-c1cccc(OC)c1. The predicted octanol–water partition coefficient (Wildman–Crippen LogP) is 4.92.